The SMILES string of the molecule is C.CCCCC(CC)CCC1=C/C(=C(/C#N)C(=O)OCC)CC(C)(C)C1.CCCCCCCCOC(=O)/C(=C/C=C/N(CC)CC)S(=O)(=O)c1ccccc1. The Morgan fingerprint density at radius 2 is 1.51 bits per heavy atom. The zero-order valence-corrected chi connectivity index (χ0v) is 35.6. The van der Waals surface area contributed by atoms with Crippen LogP contribution in [0.5, 0.6) is 0 Å². The fraction of sp³-hybridized carbons (Fsp3) is 0.630. The Bertz CT molecular complexity index is 1530. The highest BCUT2D eigenvalue weighted by molar-refractivity contribution is 7.96. The first-order valence-electron chi connectivity index (χ1n) is 20.4. The molecular weight excluding hydrogens is 709 g/mol. The molecule has 0 heterocycles. The van der Waals surface area contributed by atoms with Crippen molar-refractivity contribution >= 4 is 21.8 Å². The molecule has 1 atom stereocenters. The molecule has 0 fully saturated rings. The van der Waals surface area contributed by atoms with Crippen LogP contribution in [0.15, 0.2) is 81.3 Å². The monoisotopic (exact) mass is 783 g/mol. The summed E-state index contributed by atoms with van der Waals surface area (Å²) in [7, 11) is -3.95. The number of sulfone groups is 1. The van der Waals surface area contributed by atoms with Crippen molar-refractivity contribution in [3.05, 3.63) is 76.4 Å². The summed E-state index contributed by atoms with van der Waals surface area (Å²) in [6, 6.07) is 10.1. The molecule has 0 aromatic heterocycles. The predicted molar refractivity (Wildman–Crippen MR) is 228 cm³/mol. The van der Waals surface area contributed by atoms with Gasteiger partial charge >= 0.3 is 11.9 Å². The zero-order valence-electron chi connectivity index (χ0n) is 34.8. The number of unbranched alkanes of at least 4 members (excludes halogenated alkanes) is 6. The molecule has 0 N–H and O–H groups in total. The Morgan fingerprint density at radius 3 is 2.09 bits per heavy atom. The fourth-order valence-electron chi connectivity index (χ4n) is 6.55. The lowest BCUT2D eigenvalue weighted by Gasteiger charge is -2.32. The lowest BCUT2D eigenvalue weighted by molar-refractivity contribution is -0.139. The molecule has 0 aliphatic heterocycles. The van der Waals surface area contributed by atoms with Gasteiger partial charge in [0.05, 0.1) is 18.1 Å². The Morgan fingerprint density at radius 1 is 0.873 bits per heavy atom. The van der Waals surface area contributed by atoms with Crippen LogP contribution < -0.4 is 0 Å². The summed E-state index contributed by atoms with van der Waals surface area (Å²) in [6.07, 6.45) is 22.3. The predicted octanol–water partition coefficient (Wildman–Crippen LogP) is 11.9. The van der Waals surface area contributed by atoms with Crippen molar-refractivity contribution < 1.29 is 27.5 Å². The summed E-state index contributed by atoms with van der Waals surface area (Å²) in [6.45, 7) is 19.0. The van der Waals surface area contributed by atoms with Crippen molar-refractivity contribution in [2.24, 2.45) is 11.3 Å². The highest BCUT2D eigenvalue weighted by atomic mass is 32.2. The molecule has 0 amide bonds. The van der Waals surface area contributed by atoms with Crippen molar-refractivity contribution in [2.75, 3.05) is 26.3 Å². The molecule has 1 aromatic rings. The number of carbonyl (C=O) groups is 2. The summed E-state index contributed by atoms with van der Waals surface area (Å²) in [5.74, 6) is -0.506. The van der Waals surface area contributed by atoms with Gasteiger partial charge in [0, 0.05) is 13.1 Å². The van der Waals surface area contributed by atoms with Gasteiger partial charge in [0.15, 0.2) is 4.91 Å². The van der Waals surface area contributed by atoms with Crippen molar-refractivity contribution in [2.45, 2.75) is 158 Å². The highest BCUT2D eigenvalue weighted by Gasteiger charge is 2.30. The number of benzene rings is 1. The van der Waals surface area contributed by atoms with Crippen molar-refractivity contribution in [1.29, 1.82) is 5.26 Å². The summed E-state index contributed by atoms with van der Waals surface area (Å²) in [5.41, 5.74) is 2.50. The number of hydrogen-bond donors (Lipinski definition) is 0. The quantitative estimate of drug-likeness (QED) is 0.0354. The Labute approximate surface area is 336 Å². The van der Waals surface area contributed by atoms with E-state index in [0.717, 1.165) is 63.1 Å². The van der Waals surface area contributed by atoms with Gasteiger partial charge in [-0.2, -0.15) is 5.26 Å². The first kappa shape index (κ1) is 51.4. The Kier molecular flexibility index (Phi) is 26.8. The van der Waals surface area contributed by atoms with E-state index in [1.807, 2.05) is 18.7 Å². The van der Waals surface area contributed by atoms with Gasteiger partial charge in [-0.1, -0.05) is 130 Å². The van der Waals surface area contributed by atoms with E-state index in [9.17, 15) is 23.3 Å². The van der Waals surface area contributed by atoms with Crippen LogP contribution in [-0.4, -0.2) is 51.6 Å². The molecule has 55 heavy (non-hydrogen) atoms. The summed E-state index contributed by atoms with van der Waals surface area (Å²) < 4.78 is 36.3. The second kappa shape index (κ2) is 28.7. The van der Waals surface area contributed by atoms with E-state index in [2.05, 4.69) is 46.8 Å². The van der Waals surface area contributed by atoms with Crippen LogP contribution in [0, 0.1) is 22.7 Å². The second-order valence-corrected chi connectivity index (χ2v) is 16.7. The lowest BCUT2D eigenvalue weighted by atomic mass is 9.73. The minimum absolute atomic E-state index is 0. The van der Waals surface area contributed by atoms with Crippen molar-refractivity contribution in [1.82, 2.24) is 4.90 Å². The van der Waals surface area contributed by atoms with E-state index in [1.54, 1.807) is 37.4 Å². The summed E-state index contributed by atoms with van der Waals surface area (Å²) >= 11 is 0. The smallest absolute Gasteiger partial charge is 0.350 e. The van der Waals surface area contributed by atoms with Crippen LogP contribution in [-0.2, 0) is 28.9 Å². The molecule has 1 aliphatic rings. The molecule has 2 rings (SSSR count). The zero-order chi connectivity index (χ0) is 40.4. The molecule has 8 nitrogen and oxygen atoms in total. The maximum absolute atomic E-state index is 13.0. The molecule has 0 spiro atoms. The van der Waals surface area contributed by atoms with Gasteiger partial charge in [0.2, 0.25) is 9.84 Å². The van der Waals surface area contributed by atoms with Crippen LogP contribution in [0.25, 0.3) is 0 Å². The molecule has 1 aromatic carbocycles. The third-order valence-corrected chi connectivity index (χ3v) is 11.5. The van der Waals surface area contributed by atoms with Gasteiger partial charge in [-0.25, -0.2) is 18.0 Å². The molecule has 9 heteroatoms. The van der Waals surface area contributed by atoms with E-state index in [-0.39, 0.29) is 34.8 Å². The van der Waals surface area contributed by atoms with Gasteiger partial charge < -0.3 is 14.4 Å². The standard InChI is InChI=1S/C23H35NO4S.C22H35NO2.CH4/c1-4-7-8-9-10-14-20-28-23(25)22(18-15-19-24(5-2)6-3)29(26,27)21-16-12-11-13-17-21;1-6-9-10-17(7-2)11-12-18-13-19(15-22(4,5)14-18)20(16-23)21(24)25-8-3;/h11-13,15-19H,4-10,14,20H2,1-3H3;13,17H,6-12,14-15H2,1-5H3;1H4/b19-15+,22-18-;20-19+;. The van der Waals surface area contributed by atoms with Crippen LogP contribution in [0.4, 0.5) is 0 Å². The first-order valence-corrected chi connectivity index (χ1v) is 21.9. The van der Waals surface area contributed by atoms with Gasteiger partial charge in [0.1, 0.15) is 11.6 Å². The third-order valence-electron chi connectivity index (χ3n) is 9.71. The van der Waals surface area contributed by atoms with Gasteiger partial charge in [0.25, 0.3) is 0 Å². The molecule has 310 valence electrons. The fourth-order valence-corrected chi connectivity index (χ4v) is 7.85. The van der Waals surface area contributed by atoms with Crippen LogP contribution in [0.3, 0.4) is 0 Å². The summed E-state index contributed by atoms with van der Waals surface area (Å²) in [4.78, 5) is 26.4. The average molecular weight is 783 g/mol. The Hall–Kier alpha value is -3.64. The maximum atomic E-state index is 13.0. The van der Waals surface area contributed by atoms with E-state index >= 15 is 0 Å². The van der Waals surface area contributed by atoms with E-state index in [1.165, 1.54) is 75.1 Å². The largest absolute Gasteiger partial charge is 0.462 e. The average Bonchev–Trinajstić information content (AvgIpc) is 3.15. The third kappa shape index (κ3) is 19.7. The molecule has 0 bridgehead atoms. The van der Waals surface area contributed by atoms with Crippen LogP contribution >= 0.6 is 0 Å². The molecule has 0 radical (unpaired) electrons. The number of ether oxygens (including phenoxy) is 2. The van der Waals surface area contributed by atoms with E-state index in [4.69, 9.17) is 9.47 Å². The van der Waals surface area contributed by atoms with Crippen LogP contribution in [0.2, 0.25) is 0 Å². The number of esters is 2. The first-order chi connectivity index (χ1) is 25.8. The normalized spacial score (nSPS) is 15.4. The van der Waals surface area contributed by atoms with Gasteiger partial charge in [-0.15, -0.1) is 0 Å². The lowest BCUT2D eigenvalue weighted by Crippen LogP contribution is -2.20. The number of nitrogens with zero attached hydrogens (tertiary/aromatic N) is 2. The maximum Gasteiger partial charge on any atom is 0.350 e. The molecule has 0 saturated carbocycles. The topological polar surface area (TPSA) is 114 Å². The highest BCUT2D eigenvalue weighted by Crippen LogP contribution is 2.41. The number of allylic oxidation sites excluding steroid dienone is 5. The molecule has 1 unspecified atom stereocenters. The van der Waals surface area contributed by atoms with Crippen molar-refractivity contribution in [3.8, 4) is 6.07 Å². The number of hydrogen-bond acceptors (Lipinski definition) is 8. The number of carbonyl (C=O) groups excluding carboxylic acids is 2. The molecule has 1 aliphatic carbocycles. The van der Waals surface area contributed by atoms with Crippen molar-refractivity contribution in [3.63, 3.8) is 0 Å². The minimum atomic E-state index is -3.95. The van der Waals surface area contributed by atoms with E-state index < -0.39 is 21.8 Å². The minimum Gasteiger partial charge on any atom is -0.462 e. The van der Waals surface area contributed by atoms with Gasteiger partial charge in [-0.3, -0.25) is 0 Å². The second-order valence-electron chi connectivity index (χ2n) is 14.8. The number of nitriles is 1. The molecule has 0 saturated heterocycles. The number of rotatable bonds is 23. The van der Waals surface area contributed by atoms with Crippen LogP contribution in [0.1, 0.15) is 153 Å². The Balaban J connectivity index is 0.00000105. The summed E-state index contributed by atoms with van der Waals surface area (Å²) in [5, 5.41) is 9.45. The molecular formula is C46H74N2O6S. The van der Waals surface area contributed by atoms with Gasteiger partial charge in [-0.05, 0) is 100 Å². The van der Waals surface area contributed by atoms with E-state index in [0.29, 0.717) is 6.61 Å².